The maximum absolute atomic E-state index is 13.2. The molecule has 15 heavy (non-hydrogen) atoms. The van der Waals surface area contributed by atoms with Crippen LogP contribution in [0, 0.1) is 5.82 Å². The Balaban J connectivity index is 2.68. The van der Waals surface area contributed by atoms with Gasteiger partial charge in [-0.05, 0) is 33.4 Å². The summed E-state index contributed by atoms with van der Waals surface area (Å²) in [6, 6.07) is 2.59. The van der Waals surface area contributed by atoms with E-state index in [2.05, 4.69) is 15.9 Å². The van der Waals surface area contributed by atoms with Crippen molar-refractivity contribution in [3.05, 3.63) is 38.2 Å². The highest BCUT2D eigenvalue weighted by Gasteiger charge is 2.11. The van der Waals surface area contributed by atoms with Crippen molar-refractivity contribution in [3.63, 3.8) is 0 Å². The minimum Gasteiger partial charge on any atom is -0.397 e. The lowest BCUT2D eigenvalue weighted by molar-refractivity contribution is 0.628. The van der Waals surface area contributed by atoms with Crippen LogP contribution >= 0.6 is 38.9 Å². The van der Waals surface area contributed by atoms with Crippen molar-refractivity contribution < 1.29 is 4.39 Å². The predicted octanol–water partition coefficient (Wildman–Crippen LogP) is 4.55. The van der Waals surface area contributed by atoms with E-state index >= 15 is 0 Å². The molecule has 0 aliphatic rings. The van der Waals surface area contributed by atoms with Gasteiger partial charge in [0, 0.05) is 21.0 Å². The van der Waals surface area contributed by atoms with E-state index in [1.807, 2.05) is 10.8 Å². The molecule has 2 rings (SSSR count). The standard InChI is InChI=1S/C10H6BrClFNS/c11-8-4-15-3-7(8)6-1-5(13)2-9(12)10(6)14/h1-4H,14H2. The van der Waals surface area contributed by atoms with Gasteiger partial charge in [-0.3, -0.25) is 0 Å². The summed E-state index contributed by atoms with van der Waals surface area (Å²) in [6.07, 6.45) is 0. The third-order valence-electron chi connectivity index (χ3n) is 2.00. The average molecular weight is 307 g/mol. The molecule has 1 nitrogen and oxygen atoms in total. The highest BCUT2D eigenvalue weighted by atomic mass is 79.9. The number of anilines is 1. The highest BCUT2D eigenvalue weighted by Crippen LogP contribution is 2.38. The van der Waals surface area contributed by atoms with Crippen LogP contribution in [0.4, 0.5) is 10.1 Å². The van der Waals surface area contributed by atoms with E-state index in [1.165, 1.54) is 23.5 Å². The third-order valence-corrected chi connectivity index (χ3v) is 4.01. The molecule has 0 saturated heterocycles. The molecule has 0 saturated carbocycles. The van der Waals surface area contributed by atoms with Crippen LogP contribution < -0.4 is 5.73 Å². The van der Waals surface area contributed by atoms with Crippen molar-refractivity contribution in [3.8, 4) is 11.1 Å². The van der Waals surface area contributed by atoms with Crippen LogP contribution in [-0.4, -0.2) is 0 Å². The quantitative estimate of drug-likeness (QED) is 0.768. The van der Waals surface area contributed by atoms with Crippen molar-refractivity contribution in [2.45, 2.75) is 0 Å². The second-order valence-electron chi connectivity index (χ2n) is 2.98. The van der Waals surface area contributed by atoms with Crippen LogP contribution in [0.1, 0.15) is 0 Å². The zero-order valence-electron chi connectivity index (χ0n) is 7.43. The molecule has 0 radical (unpaired) electrons. The van der Waals surface area contributed by atoms with Gasteiger partial charge in [0.1, 0.15) is 5.82 Å². The Morgan fingerprint density at radius 2 is 2.00 bits per heavy atom. The minimum atomic E-state index is -0.387. The average Bonchev–Trinajstić information content (AvgIpc) is 2.58. The van der Waals surface area contributed by atoms with Crippen molar-refractivity contribution in [1.29, 1.82) is 0 Å². The summed E-state index contributed by atoms with van der Waals surface area (Å²) >= 11 is 10.7. The molecule has 5 heteroatoms. The first-order chi connectivity index (χ1) is 7.09. The fourth-order valence-corrected chi connectivity index (χ4v) is 3.00. The van der Waals surface area contributed by atoms with Gasteiger partial charge in [0.15, 0.2) is 0 Å². The van der Waals surface area contributed by atoms with Gasteiger partial charge in [0.25, 0.3) is 0 Å². The van der Waals surface area contributed by atoms with Crippen LogP contribution in [0.5, 0.6) is 0 Å². The normalized spacial score (nSPS) is 10.6. The van der Waals surface area contributed by atoms with Crippen LogP contribution in [0.15, 0.2) is 27.4 Å². The summed E-state index contributed by atoms with van der Waals surface area (Å²) < 4.78 is 14.1. The number of rotatable bonds is 1. The summed E-state index contributed by atoms with van der Waals surface area (Å²) in [4.78, 5) is 0. The third kappa shape index (κ3) is 2.02. The Labute approximate surface area is 104 Å². The van der Waals surface area contributed by atoms with Crippen LogP contribution in [0.2, 0.25) is 5.02 Å². The Kier molecular flexibility index (Phi) is 3.00. The molecular formula is C10H6BrClFNS. The van der Waals surface area contributed by atoms with Crippen molar-refractivity contribution in [1.82, 2.24) is 0 Å². The monoisotopic (exact) mass is 305 g/mol. The number of hydrogen-bond acceptors (Lipinski definition) is 2. The molecule has 2 aromatic rings. The smallest absolute Gasteiger partial charge is 0.125 e. The Morgan fingerprint density at radius 1 is 1.27 bits per heavy atom. The van der Waals surface area contributed by atoms with Crippen molar-refractivity contribution in [2.24, 2.45) is 0 Å². The second kappa shape index (κ2) is 4.12. The predicted molar refractivity (Wildman–Crippen MR) is 66.8 cm³/mol. The van der Waals surface area contributed by atoms with Gasteiger partial charge in [-0.2, -0.15) is 11.3 Å². The summed E-state index contributed by atoms with van der Waals surface area (Å²) in [5.74, 6) is -0.387. The zero-order valence-corrected chi connectivity index (χ0v) is 10.6. The Bertz CT molecular complexity index is 512. The number of nitrogen functional groups attached to an aromatic ring is 1. The molecule has 0 aliphatic carbocycles. The Hall–Kier alpha value is -0.580. The number of hydrogen-bond donors (Lipinski definition) is 1. The van der Waals surface area contributed by atoms with Crippen molar-refractivity contribution >= 4 is 44.6 Å². The lowest BCUT2D eigenvalue weighted by Gasteiger charge is -2.06. The topological polar surface area (TPSA) is 26.0 Å². The van der Waals surface area contributed by atoms with Gasteiger partial charge in [-0.25, -0.2) is 4.39 Å². The maximum Gasteiger partial charge on any atom is 0.125 e. The number of halogens is 3. The first-order valence-electron chi connectivity index (χ1n) is 4.06. The molecule has 0 amide bonds. The van der Waals surface area contributed by atoms with Gasteiger partial charge in [0.05, 0.1) is 10.7 Å². The number of nitrogens with two attached hydrogens (primary N) is 1. The summed E-state index contributed by atoms with van der Waals surface area (Å²) in [7, 11) is 0. The second-order valence-corrected chi connectivity index (χ2v) is 4.99. The van der Waals surface area contributed by atoms with Crippen LogP contribution in [0.3, 0.4) is 0 Å². The first-order valence-corrected chi connectivity index (χ1v) is 6.17. The molecule has 0 bridgehead atoms. The van der Waals surface area contributed by atoms with E-state index in [4.69, 9.17) is 17.3 Å². The van der Waals surface area contributed by atoms with Gasteiger partial charge in [-0.1, -0.05) is 11.6 Å². The number of benzene rings is 1. The fourth-order valence-electron chi connectivity index (χ4n) is 1.28. The van der Waals surface area contributed by atoms with Gasteiger partial charge >= 0.3 is 0 Å². The maximum atomic E-state index is 13.2. The van der Waals surface area contributed by atoms with E-state index in [0.29, 0.717) is 11.3 Å². The first kappa shape index (κ1) is 10.9. The molecule has 1 heterocycles. The molecule has 1 aromatic carbocycles. The van der Waals surface area contributed by atoms with Crippen LogP contribution in [-0.2, 0) is 0 Å². The SMILES string of the molecule is Nc1c(Cl)cc(F)cc1-c1cscc1Br. The van der Waals surface area contributed by atoms with E-state index < -0.39 is 0 Å². The summed E-state index contributed by atoms with van der Waals surface area (Å²) in [5.41, 5.74) is 7.68. The number of thiophene rings is 1. The summed E-state index contributed by atoms with van der Waals surface area (Å²) in [5, 5.41) is 4.04. The zero-order chi connectivity index (χ0) is 11.0. The van der Waals surface area contributed by atoms with E-state index in [9.17, 15) is 4.39 Å². The van der Waals surface area contributed by atoms with Gasteiger partial charge in [0.2, 0.25) is 0 Å². The molecule has 78 valence electrons. The van der Waals surface area contributed by atoms with Gasteiger partial charge in [-0.15, -0.1) is 0 Å². The lowest BCUT2D eigenvalue weighted by atomic mass is 10.1. The molecule has 1 aromatic heterocycles. The Morgan fingerprint density at radius 3 is 2.60 bits per heavy atom. The molecule has 0 atom stereocenters. The molecule has 0 aliphatic heterocycles. The van der Waals surface area contributed by atoms with E-state index in [1.54, 1.807) is 0 Å². The highest BCUT2D eigenvalue weighted by molar-refractivity contribution is 9.10. The molecular weight excluding hydrogens is 301 g/mol. The molecule has 0 unspecified atom stereocenters. The lowest BCUT2D eigenvalue weighted by Crippen LogP contribution is -1.92. The molecule has 0 fully saturated rings. The molecule has 0 spiro atoms. The minimum absolute atomic E-state index is 0.239. The van der Waals surface area contributed by atoms with E-state index in [0.717, 1.165) is 10.0 Å². The van der Waals surface area contributed by atoms with E-state index in [-0.39, 0.29) is 10.8 Å². The van der Waals surface area contributed by atoms with Gasteiger partial charge < -0.3 is 5.73 Å². The van der Waals surface area contributed by atoms with Crippen LogP contribution in [0.25, 0.3) is 11.1 Å². The molecule has 2 N–H and O–H groups in total. The summed E-state index contributed by atoms with van der Waals surface area (Å²) in [6.45, 7) is 0. The van der Waals surface area contributed by atoms with Crippen molar-refractivity contribution in [2.75, 3.05) is 5.73 Å². The fraction of sp³-hybridized carbons (Fsp3) is 0. The largest absolute Gasteiger partial charge is 0.397 e.